The van der Waals surface area contributed by atoms with Crippen LogP contribution in [-0.2, 0) is 19.0 Å². The minimum absolute atomic E-state index is 0.313. The van der Waals surface area contributed by atoms with Gasteiger partial charge in [-0.05, 0) is 12.1 Å². The molecule has 0 radical (unpaired) electrons. The molecule has 0 bridgehead atoms. The van der Waals surface area contributed by atoms with E-state index in [1.54, 1.807) is 6.07 Å². The van der Waals surface area contributed by atoms with Gasteiger partial charge in [0.05, 0.1) is 7.11 Å². The van der Waals surface area contributed by atoms with Gasteiger partial charge in [0.1, 0.15) is 11.4 Å². The highest BCUT2D eigenvalue weighted by Crippen LogP contribution is 2.32. The summed E-state index contributed by atoms with van der Waals surface area (Å²) in [5.74, 6) is 0.334. The SMILES string of the molecule is COc1cc(Cl)ccc1N1NOS(=O)(=O)O1. The van der Waals surface area contributed by atoms with Crippen LogP contribution in [0.3, 0.4) is 0 Å². The van der Waals surface area contributed by atoms with Crippen LogP contribution in [0.4, 0.5) is 5.69 Å². The van der Waals surface area contributed by atoms with Crippen molar-refractivity contribution in [2.24, 2.45) is 0 Å². The molecule has 1 aliphatic rings. The monoisotopic (exact) mass is 266 g/mol. The van der Waals surface area contributed by atoms with Crippen LogP contribution >= 0.6 is 11.6 Å². The number of anilines is 1. The lowest BCUT2D eigenvalue weighted by molar-refractivity contribution is 0.196. The molecule has 1 N–H and O–H groups in total. The Hall–Kier alpha value is -1.06. The maximum absolute atomic E-state index is 10.9. The van der Waals surface area contributed by atoms with E-state index in [2.05, 4.69) is 14.2 Å². The number of nitrogens with zero attached hydrogens (tertiary/aromatic N) is 1. The topological polar surface area (TPSA) is 77.1 Å². The van der Waals surface area contributed by atoms with Crippen LogP contribution in [0, 0.1) is 0 Å². The lowest BCUT2D eigenvalue weighted by Gasteiger charge is -2.14. The quantitative estimate of drug-likeness (QED) is 0.847. The number of hydrogen-bond acceptors (Lipinski definition) is 7. The Kier molecular flexibility index (Phi) is 2.91. The Morgan fingerprint density at radius 2 is 2.25 bits per heavy atom. The van der Waals surface area contributed by atoms with Gasteiger partial charge in [-0.2, -0.15) is 8.42 Å². The van der Waals surface area contributed by atoms with Crippen molar-refractivity contribution in [2.75, 3.05) is 12.3 Å². The van der Waals surface area contributed by atoms with Gasteiger partial charge in [0, 0.05) is 11.1 Å². The highest BCUT2D eigenvalue weighted by atomic mass is 35.5. The van der Waals surface area contributed by atoms with Crippen molar-refractivity contribution in [1.29, 1.82) is 0 Å². The first kappa shape index (κ1) is 11.4. The van der Waals surface area contributed by atoms with Crippen LogP contribution in [0.15, 0.2) is 18.2 Å². The third kappa shape index (κ3) is 2.20. The Morgan fingerprint density at radius 3 is 2.81 bits per heavy atom. The maximum Gasteiger partial charge on any atom is 0.440 e. The highest BCUT2D eigenvalue weighted by Gasteiger charge is 2.30. The smallest absolute Gasteiger partial charge is 0.440 e. The third-order valence-electron chi connectivity index (χ3n) is 1.75. The molecule has 0 unspecified atom stereocenters. The van der Waals surface area contributed by atoms with Gasteiger partial charge in [0.25, 0.3) is 0 Å². The van der Waals surface area contributed by atoms with Gasteiger partial charge in [-0.1, -0.05) is 17.2 Å². The number of benzene rings is 1. The van der Waals surface area contributed by atoms with Gasteiger partial charge >= 0.3 is 10.4 Å². The number of rotatable bonds is 2. The van der Waals surface area contributed by atoms with Gasteiger partial charge in [-0.15, -0.1) is 13.7 Å². The Bertz CT molecular complexity index is 505. The molecule has 7 nitrogen and oxygen atoms in total. The summed E-state index contributed by atoms with van der Waals surface area (Å²) >= 11 is 5.75. The summed E-state index contributed by atoms with van der Waals surface area (Å²) in [4.78, 5) is 0. The van der Waals surface area contributed by atoms with Crippen molar-refractivity contribution in [3.05, 3.63) is 23.2 Å². The van der Waals surface area contributed by atoms with Gasteiger partial charge in [0.15, 0.2) is 0 Å². The summed E-state index contributed by atoms with van der Waals surface area (Å²) in [6, 6.07) is 4.57. The summed E-state index contributed by atoms with van der Waals surface area (Å²) in [5, 5.41) is 1.26. The molecule has 2 rings (SSSR count). The molecule has 1 aromatic carbocycles. The van der Waals surface area contributed by atoms with E-state index in [1.165, 1.54) is 19.2 Å². The standard InChI is InChI=1S/C7H7ClN2O5S/c1-13-7-4-5(8)2-3-6(7)10-9-14-16(11,12)15-10/h2-4,9H,1H3. The predicted molar refractivity (Wildman–Crippen MR) is 54.7 cm³/mol. The Balaban J connectivity index is 2.34. The molecule has 0 aromatic heterocycles. The summed E-state index contributed by atoms with van der Waals surface area (Å²) in [5.41, 5.74) is 2.37. The highest BCUT2D eigenvalue weighted by molar-refractivity contribution is 7.82. The van der Waals surface area contributed by atoms with Crippen molar-refractivity contribution >= 4 is 27.7 Å². The van der Waals surface area contributed by atoms with E-state index in [-0.39, 0.29) is 0 Å². The molecule has 0 aliphatic carbocycles. The van der Waals surface area contributed by atoms with Crippen molar-refractivity contribution in [3.8, 4) is 5.75 Å². The molecule has 0 spiro atoms. The third-order valence-corrected chi connectivity index (χ3v) is 2.59. The van der Waals surface area contributed by atoms with Crippen LogP contribution in [0.25, 0.3) is 0 Å². The summed E-state index contributed by atoms with van der Waals surface area (Å²) in [7, 11) is -2.64. The molecule has 88 valence electrons. The Morgan fingerprint density at radius 1 is 1.50 bits per heavy atom. The van der Waals surface area contributed by atoms with E-state index in [9.17, 15) is 8.42 Å². The number of halogens is 1. The first-order chi connectivity index (χ1) is 7.52. The molecule has 1 heterocycles. The van der Waals surface area contributed by atoms with Gasteiger partial charge < -0.3 is 4.74 Å². The number of methoxy groups -OCH3 is 1. The fourth-order valence-corrected chi connectivity index (χ4v) is 1.75. The minimum Gasteiger partial charge on any atom is -0.494 e. The molecule has 0 atom stereocenters. The van der Waals surface area contributed by atoms with E-state index in [0.717, 1.165) is 5.17 Å². The van der Waals surface area contributed by atoms with Crippen molar-refractivity contribution in [3.63, 3.8) is 0 Å². The second-order valence-corrected chi connectivity index (χ2v) is 4.34. The molecule has 1 aliphatic heterocycles. The molecule has 1 saturated heterocycles. The van der Waals surface area contributed by atoms with Crippen LogP contribution < -0.4 is 15.5 Å². The zero-order valence-corrected chi connectivity index (χ0v) is 9.58. The second kappa shape index (κ2) is 4.07. The number of ether oxygens (including phenoxy) is 1. The van der Waals surface area contributed by atoms with Crippen molar-refractivity contribution < 1.29 is 21.7 Å². The molecular formula is C7H7ClN2O5S. The zero-order chi connectivity index (χ0) is 11.8. The van der Waals surface area contributed by atoms with E-state index in [0.29, 0.717) is 16.5 Å². The van der Waals surface area contributed by atoms with Crippen LogP contribution in [0.2, 0.25) is 5.02 Å². The number of hydrazine groups is 1. The number of hydrogen-bond donors (Lipinski definition) is 1. The molecule has 0 amide bonds. The molecule has 1 fully saturated rings. The van der Waals surface area contributed by atoms with Crippen LogP contribution in [0.1, 0.15) is 0 Å². The van der Waals surface area contributed by atoms with Crippen LogP contribution in [0.5, 0.6) is 5.75 Å². The molecule has 16 heavy (non-hydrogen) atoms. The van der Waals surface area contributed by atoms with Crippen LogP contribution in [-0.4, -0.2) is 15.5 Å². The summed E-state index contributed by atoms with van der Waals surface area (Å²) in [6.45, 7) is 0. The van der Waals surface area contributed by atoms with Crippen molar-refractivity contribution in [1.82, 2.24) is 5.59 Å². The molecule has 9 heteroatoms. The average Bonchev–Trinajstić information content (AvgIpc) is 2.58. The summed E-state index contributed by atoms with van der Waals surface area (Å²) < 4.78 is 35.4. The molecular weight excluding hydrogens is 260 g/mol. The van der Waals surface area contributed by atoms with E-state index >= 15 is 0 Å². The molecule has 1 aromatic rings. The fourth-order valence-electron chi connectivity index (χ4n) is 1.11. The zero-order valence-electron chi connectivity index (χ0n) is 8.01. The van der Waals surface area contributed by atoms with Crippen molar-refractivity contribution in [2.45, 2.75) is 0 Å². The lowest BCUT2D eigenvalue weighted by Crippen LogP contribution is -2.28. The van der Waals surface area contributed by atoms with Gasteiger partial charge in [-0.3, -0.25) is 0 Å². The first-order valence-electron chi connectivity index (χ1n) is 4.04. The Labute approximate surface area is 96.7 Å². The largest absolute Gasteiger partial charge is 0.494 e. The normalized spacial score (nSPS) is 18.8. The first-order valence-corrected chi connectivity index (χ1v) is 5.75. The van der Waals surface area contributed by atoms with E-state index in [4.69, 9.17) is 16.3 Å². The average molecular weight is 267 g/mol. The minimum atomic E-state index is -4.05. The second-order valence-electron chi connectivity index (χ2n) is 2.77. The van der Waals surface area contributed by atoms with E-state index < -0.39 is 10.4 Å². The maximum atomic E-state index is 10.9. The number of nitrogens with one attached hydrogen (secondary N) is 1. The van der Waals surface area contributed by atoms with Gasteiger partial charge in [-0.25, -0.2) is 0 Å². The lowest BCUT2D eigenvalue weighted by atomic mass is 10.3. The fraction of sp³-hybridized carbons (Fsp3) is 0.143. The molecule has 0 saturated carbocycles. The van der Waals surface area contributed by atoms with E-state index in [1.807, 2.05) is 0 Å². The predicted octanol–water partition coefficient (Wildman–Crippen LogP) is 0.781. The summed E-state index contributed by atoms with van der Waals surface area (Å²) in [6.07, 6.45) is 0. The van der Waals surface area contributed by atoms with Gasteiger partial charge in [0.2, 0.25) is 0 Å².